The van der Waals surface area contributed by atoms with Gasteiger partial charge in [0, 0.05) is 19.3 Å². The average Bonchev–Trinajstić information content (AvgIpc) is 2.26. The highest BCUT2D eigenvalue weighted by atomic mass is 15.1. The van der Waals surface area contributed by atoms with E-state index in [1.54, 1.807) is 6.20 Å². The summed E-state index contributed by atoms with van der Waals surface area (Å²) in [6, 6.07) is 4.19. The Kier molecular flexibility index (Phi) is 3.88. The molecule has 0 aliphatic heterocycles. The van der Waals surface area contributed by atoms with Gasteiger partial charge in [-0.3, -0.25) is 10.4 Å². The molecule has 3 N–H and O–H groups in total. The second-order valence-electron chi connectivity index (χ2n) is 4.38. The van der Waals surface area contributed by atoms with Crippen molar-refractivity contribution in [3.8, 4) is 0 Å². The molecule has 4 nitrogen and oxygen atoms in total. The summed E-state index contributed by atoms with van der Waals surface area (Å²) in [6.07, 6.45) is 1.66. The number of rotatable bonds is 4. The van der Waals surface area contributed by atoms with E-state index in [0.717, 1.165) is 5.69 Å². The summed E-state index contributed by atoms with van der Waals surface area (Å²) >= 11 is 0. The summed E-state index contributed by atoms with van der Waals surface area (Å²) < 4.78 is 0. The topological polar surface area (TPSA) is 66.0 Å². The van der Waals surface area contributed by atoms with Crippen molar-refractivity contribution >= 4 is 11.5 Å². The predicted molar refractivity (Wildman–Crippen MR) is 68.0 cm³/mol. The van der Waals surface area contributed by atoms with Gasteiger partial charge in [0.25, 0.3) is 0 Å². The minimum Gasteiger partial charge on any atom is -0.382 e. The lowest BCUT2D eigenvalue weighted by Gasteiger charge is -2.30. The Hall–Kier alpha value is -1.58. The zero-order chi connectivity index (χ0) is 12.3. The van der Waals surface area contributed by atoms with Crippen LogP contribution in [0.3, 0.4) is 0 Å². The summed E-state index contributed by atoms with van der Waals surface area (Å²) in [6.45, 7) is 6.50. The fourth-order valence-corrected chi connectivity index (χ4v) is 1.56. The van der Waals surface area contributed by atoms with Gasteiger partial charge in [0.2, 0.25) is 0 Å². The van der Waals surface area contributed by atoms with E-state index in [-0.39, 0.29) is 5.84 Å². The summed E-state index contributed by atoms with van der Waals surface area (Å²) in [5.74, 6) is 0.545. The van der Waals surface area contributed by atoms with Gasteiger partial charge in [-0.2, -0.15) is 0 Å². The molecule has 0 radical (unpaired) electrons. The van der Waals surface area contributed by atoms with E-state index in [0.29, 0.717) is 17.7 Å². The molecule has 0 amide bonds. The first-order valence-corrected chi connectivity index (χ1v) is 5.47. The standard InChI is InChI=1S/C12H20N4/c1-8(2)9(3)16(4)10-6-5-7-15-11(10)12(13)14/h5-9H,1-4H3,(H3,13,14). The van der Waals surface area contributed by atoms with Gasteiger partial charge in [0.1, 0.15) is 11.5 Å². The van der Waals surface area contributed by atoms with Crippen molar-refractivity contribution in [2.45, 2.75) is 26.8 Å². The van der Waals surface area contributed by atoms with Gasteiger partial charge in [-0.05, 0) is 25.0 Å². The first-order valence-electron chi connectivity index (χ1n) is 5.47. The molecule has 1 rings (SSSR count). The molecule has 0 aromatic carbocycles. The van der Waals surface area contributed by atoms with Crippen LogP contribution in [0, 0.1) is 11.3 Å². The van der Waals surface area contributed by atoms with Gasteiger partial charge in [-0.25, -0.2) is 0 Å². The molecule has 0 saturated carbocycles. The molecule has 0 fully saturated rings. The molecule has 1 aromatic heterocycles. The number of hydrogen-bond donors (Lipinski definition) is 2. The van der Waals surface area contributed by atoms with Crippen molar-refractivity contribution in [2.75, 3.05) is 11.9 Å². The Labute approximate surface area is 97.0 Å². The Morgan fingerprint density at radius 1 is 1.44 bits per heavy atom. The third-order valence-electron chi connectivity index (χ3n) is 3.00. The van der Waals surface area contributed by atoms with Crippen molar-refractivity contribution in [1.29, 1.82) is 5.41 Å². The van der Waals surface area contributed by atoms with Crippen molar-refractivity contribution in [2.24, 2.45) is 11.7 Å². The van der Waals surface area contributed by atoms with Crippen LogP contribution < -0.4 is 10.6 Å². The molecule has 0 saturated heterocycles. The molecular weight excluding hydrogens is 200 g/mol. The molecule has 1 heterocycles. The van der Waals surface area contributed by atoms with E-state index in [9.17, 15) is 0 Å². The van der Waals surface area contributed by atoms with Crippen molar-refractivity contribution in [1.82, 2.24) is 4.98 Å². The fraction of sp³-hybridized carbons (Fsp3) is 0.500. The summed E-state index contributed by atoms with van der Waals surface area (Å²) in [4.78, 5) is 6.27. The van der Waals surface area contributed by atoms with Crippen LogP contribution in [-0.2, 0) is 0 Å². The largest absolute Gasteiger partial charge is 0.382 e. The number of anilines is 1. The zero-order valence-electron chi connectivity index (χ0n) is 10.4. The van der Waals surface area contributed by atoms with E-state index in [4.69, 9.17) is 11.1 Å². The van der Waals surface area contributed by atoms with Gasteiger partial charge < -0.3 is 10.6 Å². The van der Waals surface area contributed by atoms with Crippen LogP contribution in [0.15, 0.2) is 18.3 Å². The molecular formula is C12H20N4. The lowest BCUT2D eigenvalue weighted by atomic mass is 10.0. The number of amidine groups is 1. The molecule has 1 aromatic rings. The van der Waals surface area contributed by atoms with Crippen molar-refractivity contribution in [3.05, 3.63) is 24.0 Å². The number of nitrogen functional groups attached to an aromatic ring is 1. The SMILES string of the molecule is CC(C)C(C)N(C)c1cccnc1C(=N)N. The van der Waals surface area contributed by atoms with E-state index in [1.807, 2.05) is 19.2 Å². The van der Waals surface area contributed by atoms with E-state index in [2.05, 4.69) is 30.7 Å². The average molecular weight is 220 g/mol. The second kappa shape index (κ2) is 4.96. The van der Waals surface area contributed by atoms with Gasteiger partial charge in [-0.15, -0.1) is 0 Å². The maximum Gasteiger partial charge on any atom is 0.143 e. The van der Waals surface area contributed by atoms with E-state index < -0.39 is 0 Å². The highest BCUT2D eigenvalue weighted by molar-refractivity contribution is 5.98. The Balaban J connectivity index is 3.08. The van der Waals surface area contributed by atoms with Gasteiger partial charge in [0.15, 0.2) is 0 Å². The lowest BCUT2D eigenvalue weighted by molar-refractivity contribution is 0.505. The zero-order valence-corrected chi connectivity index (χ0v) is 10.4. The van der Waals surface area contributed by atoms with Crippen LogP contribution in [-0.4, -0.2) is 23.9 Å². The molecule has 0 aliphatic carbocycles. The molecule has 0 aliphatic rings. The van der Waals surface area contributed by atoms with Crippen LogP contribution >= 0.6 is 0 Å². The molecule has 88 valence electrons. The molecule has 4 heteroatoms. The van der Waals surface area contributed by atoms with Crippen LogP contribution in [0.4, 0.5) is 5.69 Å². The number of nitrogens with zero attached hydrogens (tertiary/aromatic N) is 2. The molecule has 1 atom stereocenters. The smallest absolute Gasteiger partial charge is 0.143 e. The fourth-order valence-electron chi connectivity index (χ4n) is 1.56. The Bertz CT molecular complexity index is 373. The normalized spacial score (nSPS) is 12.6. The lowest BCUT2D eigenvalue weighted by Crippen LogP contribution is -2.35. The minimum absolute atomic E-state index is 0.0124. The van der Waals surface area contributed by atoms with Crippen molar-refractivity contribution in [3.63, 3.8) is 0 Å². The Morgan fingerprint density at radius 3 is 2.56 bits per heavy atom. The van der Waals surface area contributed by atoms with Gasteiger partial charge in [0.05, 0.1) is 5.69 Å². The van der Waals surface area contributed by atoms with Crippen LogP contribution in [0.2, 0.25) is 0 Å². The summed E-state index contributed by atoms with van der Waals surface area (Å²) in [5, 5.41) is 7.51. The summed E-state index contributed by atoms with van der Waals surface area (Å²) in [7, 11) is 2.01. The highest BCUT2D eigenvalue weighted by Crippen LogP contribution is 2.21. The third-order valence-corrected chi connectivity index (χ3v) is 3.00. The maximum atomic E-state index is 7.51. The van der Waals surface area contributed by atoms with Crippen LogP contribution in [0.25, 0.3) is 0 Å². The third kappa shape index (κ3) is 2.51. The predicted octanol–water partition coefficient (Wildman–Crippen LogP) is 1.85. The molecule has 1 unspecified atom stereocenters. The van der Waals surface area contributed by atoms with Crippen molar-refractivity contribution < 1.29 is 0 Å². The molecule has 0 spiro atoms. The number of nitrogens with two attached hydrogens (primary N) is 1. The first-order chi connectivity index (χ1) is 7.45. The highest BCUT2D eigenvalue weighted by Gasteiger charge is 2.17. The minimum atomic E-state index is 0.0124. The van der Waals surface area contributed by atoms with E-state index >= 15 is 0 Å². The molecule has 0 bridgehead atoms. The quantitative estimate of drug-likeness (QED) is 0.601. The Morgan fingerprint density at radius 2 is 2.06 bits per heavy atom. The van der Waals surface area contributed by atoms with Gasteiger partial charge >= 0.3 is 0 Å². The number of nitrogens with one attached hydrogen (secondary N) is 1. The van der Waals surface area contributed by atoms with Crippen LogP contribution in [0.5, 0.6) is 0 Å². The number of hydrogen-bond acceptors (Lipinski definition) is 3. The second-order valence-corrected chi connectivity index (χ2v) is 4.38. The monoisotopic (exact) mass is 220 g/mol. The number of pyridine rings is 1. The summed E-state index contributed by atoms with van der Waals surface area (Å²) in [5.41, 5.74) is 6.99. The molecule has 16 heavy (non-hydrogen) atoms. The van der Waals surface area contributed by atoms with Crippen LogP contribution in [0.1, 0.15) is 26.5 Å². The first kappa shape index (κ1) is 12.5. The number of aromatic nitrogens is 1. The maximum absolute atomic E-state index is 7.51. The van der Waals surface area contributed by atoms with E-state index in [1.165, 1.54) is 0 Å². The van der Waals surface area contributed by atoms with Gasteiger partial charge in [-0.1, -0.05) is 13.8 Å².